The lowest BCUT2D eigenvalue weighted by atomic mass is 10.0. The fraction of sp³-hybridized carbons (Fsp3) is 0.871. The predicted molar refractivity (Wildman–Crippen MR) is 154 cm³/mol. The Balaban J connectivity index is 5.23. The fourth-order valence-electron chi connectivity index (χ4n) is 4.02. The van der Waals surface area contributed by atoms with E-state index in [4.69, 9.17) is 14.2 Å². The van der Waals surface area contributed by atoms with Gasteiger partial charge in [0.1, 0.15) is 25.4 Å². The third kappa shape index (κ3) is 21.4. The third-order valence-electron chi connectivity index (χ3n) is 6.64. The molecule has 0 saturated carbocycles. The monoisotopic (exact) mass is 555 g/mol. The number of ether oxygens (including phenoxy) is 3. The zero-order valence-electron chi connectivity index (χ0n) is 25.4. The van der Waals surface area contributed by atoms with Gasteiger partial charge in [0, 0.05) is 25.7 Å². The van der Waals surface area contributed by atoms with E-state index < -0.39 is 23.4 Å². The standard InChI is InChI=1S/C31H57NO7/c1-5-9-13-14-15-16-17-18-19-20-27(33)32-31(24-37-28(34)21-10-6-2,25-38-29(35)22-11-7-3)26-39-30(36)23-12-8-4/h5-26H2,1-4H3,(H,32,33). The van der Waals surface area contributed by atoms with Crippen LogP contribution in [0, 0.1) is 0 Å². The zero-order chi connectivity index (χ0) is 29.2. The van der Waals surface area contributed by atoms with E-state index in [-0.39, 0.29) is 45.0 Å². The van der Waals surface area contributed by atoms with Crippen LogP contribution in [0.2, 0.25) is 0 Å². The molecule has 0 saturated heterocycles. The molecular weight excluding hydrogens is 498 g/mol. The quantitative estimate of drug-likeness (QED) is 0.0698. The minimum atomic E-state index is -1.33. The van der Waals surface area contributed by atoms with Gasteiger partial charge in [-0.3, -0.25) is 19.2 Å². The molecule has 0 aliphatic rings. The first kappa shape index (κ1) is 36.9. The van der Waals surface area contributed by atoms with Gasteiger partial charge in [-0.15, -0.1) is 0 Å². The first-order chi connectivity index (χ1) is 18.8. The number of carbonyl (C=O) groups excluding carboxylic acids is 4. The Hall–Kier alpha value is -2.12. The van der Waals surface area contributed by atoms with Crippen molar-refractivity contribution in [1.82, 2.24) is 5.32 Å². The van der Waals surface area contributed by atoms with Crippen LogP contribution >= 0.6 is 0 Å². The lowest BCUT2D eigenvalue weighted by Gasteiger charge is -2.33. The molecule has 228 valence electrons. The lowest BCUT2D eigenvalue weighted by Crippen LogP contribution is -2.59. The highest BCUT2D eigenvalue weighted by Crippen LogP contribution is 2.15. The van der Waals surface area contributed by atoms with Crippen LogP contribution in [0.25, 0.3) is 0 Å². The first-order valence-corrected chi connectivity index (χ1v) is 15.6. The second kappa shape index (κ2) is 24.9. The summed E-state index contributed by atoms with van der Waals surface area (Å²) in [7, 11) is 0. The Bertz CT molecular complexity index is 606. The van der Waals surface area contributed by atoms with E-state index in [1.165, 1.54) is 38.5 Å². The van der Waals surface area contributed by atoms with E-state index in [0.717, 1.165) is 38.5 Å². The normalized spacial score (nSPS) is 11.2. The van der Waals surface area contributed by atoms with Gasteiger partial charge in [-0.2, -0.15) is 0 Å². The topological polar surface area (TPSA) is 108 Å². The average molecular weight is 556 g/mol. The molecule has 0 atom stereocenters. The summed E-state index contributed by atoms with van der Waals surface area (Å²) in [5.41, 5.74) is -1.33. The summed E-state index contributed by atoms with van der Waals surface area (Å²) < 4.78 is 16.5. The second-order valence-electron chi connectivity index (χ2n) is 10.7. The molecule has 39 heavy (non-hydrogen) atoms. The van der Waals surface area contributed by atoms with Crippen molar-refractivity contribution < 1.29 is 33.4 Å². The fourth-order valence-corrected chi connectivity index (χ4v) is 4.02. The van der Waals surface area contributed by atoms with Gasteiger partial charge < -0.3 is 19.5 Å². The Morgan fingerprint density at radius 1 is 0.462 bits per heavy atom. The van der Waals surface area contributed by atoms with E-state index in [1.807, 2.05) is 20.8 Å². The Kier molecular flexibility index (Phi) is 23.5. The number of unbranched alkanes of at least 4 members (excludes halogenated alkanes) is 11. The van der Waals surface area contributed by atoms with Crippen LogP contribution in [0.15, 0.2) is 0 Å². The van der Waals surface area contributed by atoms with Crippen molar-refractivity contribution in [3.8, 4) is 0 Å². The second-order valence-corrected chi connectivity index (χ2v) is 10.7. The van der Waals surface area contributed by atoms with E-state index in [1.54, 1.807) is 0 Å². The maximum absolute atomic E-state index is 13.0. The number of rotatable bonds is 26. The van der Waals surface area contributed by atoms with Crippen molar-refractivity contribution in [2.45, 2.75) is 155 Å². The average Bonchev–Trinajstić information content (AvgIpc) is 2.93. The van der Waals surface area contributed by atoms with E-state index in [9.17, 15) is 19.2 Å². The van der Waals surface area contributed by atoms with Crippen molar-refractivity contribution in [2.75, 3.05) is 19.8 Å². The number of hydrogen-bond donors (Lipinski definition) is 1. The van der Waals surface area contributed by atoms with E-state index in [0.29, 0.717) is 25.7 Å². The molecule has 1 N–H and O–H groups in total. The van der Waals surface area contributed by atoms with Crippen LogP contribution in [0.4, 0.5) is 0 Å². The molecule has 8 nitrogen and oxygen atoms in total. The lowest BCUT2D eigenvalue weighted by molar-refractivity contribution is -0.159. The van der Waals surface area contributed by atoms with Gasteiger partial charge in [-0.05, 0) is 25.7 Å². The first-order valence-electron chi connectivity index (χ1n) is 15.6. The van der Waals surface area contributed by atoms with Gasteiger partial charge in [0.15, 0.2) is 0 Å². The molecule has 0 aliphatic heterocycles. The van der Waals surface area contributed by atoms with Crippen molar-refractivity contribution >= 4 is 23.8 Å². The van der Waals surface area contributed by atoms with Gasteiger partial charge in [0.25, 0.3) is 0 Å². The molecular formula is C31H57NO7. The van der Waals surface area contributed by atoms with Gasteiger partial charge >= 0.3 is 17.9 Å². The molecule has 0 rings (SSSR count). The maximum atomic E-state index is 13.0. The summed E-state index contributed by atoms with van der Waals surface area (Å²) in [6.07, 6.45) is 15.9. The zero-order valence-corrected chi connectivity index (χ0v) is 25.4. The van der Waals surface area contributed by atoms with Crippen molar-refractivity contribution in [2.24, 2.45) is 0 Å². The van der Waals surface area contributed by atoms with Crippen molar-refractivity contribution in [3.05, 3.63) is 0 Å². The number of nitrogens with one attached hydrogen (secondary N) is 1. The summed E-state index contributed by atoms with van der Waals surface area (Å²) in [5, 5.41) is 2.92. The number of carbonyl (C=O) groups is 4. The van der Waals surface area contributed by atoms with Crippen LogP contribution in [0.1, 0.15) is 150 Å². The minimum Gasteiger partial charge on any atom is -0.463 e. The van der Waals surface area contributed by atoms with E-state index in [2.05, 4.69) is 12.2 Å². The molecule has 0 aromatic heterocycles. The molecule has 0 aromatic carbocycles. The minimum absolute atomic E-state index is 0.235. The van der Waals surface area contributed by atoms with Gasteiger partial charge in [0.05, 0.1) is 0 Å². The van der Waals surface area contributed by atoms with Gasteiger partial charge in [0.2, 0.25) is 5.91 Å². The SMILES string of the molecule is CCCCCCCCCCCC(=O)NC(COC(=O)CCCC)(COC(=O)CCCC)COC(=O)CCCC. The molecule has 8 heteroatoms. The van der Waals surface area contributed by atoms with Crippen LogP contribution in [0.5, 0.6) is 0 Å². The molecule has 1 amide bonds. The Morgan fingerprint density at radius 2 is 0.795 bits per heavy atom. The summed E-state index contributed by atoms with van der Waals surface area (Å²) >= 11 is 0. The molecule has 0 aliphatic carbocycles. The highest BCUT2D eigenvalue weighted by atomic mass is 16.6. The van der Waals surface area contributed by atoms with Gasteiger partial charge in [-0.25, -0.2) is 0 Å². The van der Waals surface area contributed by atoms with Crippen LogP contribution in [-0.4, -0.2) is 49.2 Å². The van der Waals surface area contributed by atoms with Crippen LogP contribution in [0.3, 0.4) is 0 Å². The number of hydrogen-bond acceptors (Lipinski definition) is 7. The molecule has 0 aromatic rings. The van der Waals surface area contributed by atoms with Crippen molar-refractivity contribution in [3.63, 3.8) is 0 Å². The largest absolute Gasteiger partial charge is 0.463 e. The Morgan fingerprint density at radius 3 is 1.15 bits per heavy atom. The smallest absolute Gasteiger partial charge is 0.305 e. The van der Waals surface area contributed by atoms with Gasteiger partial charge in [-0.1, -0.05) is 98.3 Å². The van der Waals surface area contributed by atoms with Crippen LogP contribution < -0.4 is 5.32 Å². The number of esters is 3. The van der Waals surface area contributed by atoms with Crippen LogP contribution in [-0.2, 0) is 33.4 Å². The number of amides is 1. The Labute approximate surface area is 237 Å². The molecule has 0 bridgehead atoms. The predicted octanol–water partition coefficient (Wildman–Crippen LogP) is 6.96. The molecule has 0 spiro atoms. The molecule has 0 heterocycles. The summed E-state index contributed by atoms with van der Waals surface area (Å²) in [4.78, 5) is 49.9. The highest BCUT2D eigenvalue weighted by molar-refractivity contribution is 5.77. The summed E-state index contributed by atoms with van der Waals surface area (Å²) in [5.74, 6) is -1.44. The molecule has 0 fully saturated rings. The third-order valence-corrected chi connectivity index (χ3v) is 6.64. The van der Waals surface area contributed by atoms with Crippen molar-refractivity contribution in [1.29, 1.82) is 0 Å². The molecule has 0 unspecified atom stereocenters. The summed E-state index contributed by atoms with van der Waals surface area (Å²) in [6.45, 7) is 7.45. The highest BCUT2D eigenvalue weighted by Gasteiger charge is 2.37. The molecule has 0 radical (unpaired) electrons. The summed E-state index contributed by atoms with van der Waals surface area (Å²) in [6, 6.07) is 0. The van der Waals surface area contributed by atoms with E-state index >= 15 is 0 Å². The maximum Gasteiger partial charge on any atom is 0.305 e.